The summed E-state index contributed by atoms with van der Waals surface area (Å²) >= 11 is 1.96. The van der Waals surface area contributed by atoms with E-state index in [9.17, 15) is 9.90 Å². The van der Waals surface area contributed by atoms with Crippen molar-refractivity contribution in [1.82, 2.24) is 0 Å². The minimum atomic E-state index is -0.572. The zero-order valence-corrected chi connectivity index (χ0v) is 12.6. The summed E-state index contributed by atoms with van der Waals surface area (Å²) in [6.07, 6.45) is 7.66. The van der Waals surface area contributed by atoms with Crippen LogP contribution in [-0.2, 0) is 11.2 Å². The van der Waals surface area contributed by atoms with Crippen molar-refractivity contribution in [1.29, 1.82) is 0 Å². The Kier molecular flexibility index (Phi) is 4.35. The highest BCUT2D eigenvalue weighted by atomic mass is 32.2. The largest absolute Gasteiger partial charge is 0.481 e. The van der Waals surface area contributed by atoms with Crippen LogP contribution >= 0.6 is 11.8 Å². The van der Waals surface area contributed by atoms with Gasteiger partial charge >= 0.3 is 5.97 Å². The first-order valence-corrected chi connectivity index (χ1v) is 8.59. The molecule has 1 fully saturated rings. The maximum atomic E-state index is 11.5. The standard InChI is InChI=1S/C17H22O2S/c18-17(19)15-8-3-1-2-6-12(15)10-14-11-13-7-4-5-9-16(13)20-14/h4-5,7,9,12,14-15H,1-3,6,8,10-11H2,(H,18,19). The molecule has 0 bridgehead atoms. The van der Waals surface area contributed by atoms with E-state index >= 15 is 0 Å². The van der Waals surface area contributed by atoms with Crippen LogP contribution in [0.3, 0.4) is 0 Å². The average Bonchev–Trinajstić information content (AvgIpc) is 2.68. The Morgan fingerprint density at radius 2 is 2.00 bits per heavy atom. The molecule has 1 aliphatic carbocycles. The van der Waals surface area contributed by atoms with Gasteiger partial charge in [-0.1, -0.05) is 37.5 Å². The second-order valence-electron chi connectivity index (χ2n) is 6.13. The van der Waals surface area contributed by atoms with Crippen molar-refractivity contribution < 1.29 is 9.90 Å². The third kappa shape index (κ3) is 3.03. The topological polar surface area (TPSA) is 37.3 Å². The van der Waals surface area contributed by atoms with Crippen LogP contribution in [0.15, 0.2) is 29.2 Å². The summed E-state index contributed by atoms with van der Waals surface area (Å²) in [6, 6.07) is 8.61. The van der Waals surface area contributed by atoms with Gasteiger partial charge in [0.05, 0.1) is 5.92 Å². The van der Waals surface area contributed by atoms with Crippen LogP contribution in [0.2, 0.25) is 0 Å². The number of hydrogen-bond acceptors (Lipinski definition) is 2. The van der Waals surface area contributed by atoms with Gasteiger partial charge in [0.25, 0.3) is 0 Å². The molecule has 0 aromatic heterocycles. The van der Waals surface area contributed by atoms with Gasteiger partial charge in [0, 0.05) is 10.1 Å². The normalized spacial score (nSPS) is 29.7. The zero-order valence-electron chi connectivity index (χ0n) is 11.8. The van der Waals surface area contributed by atoms with Gasteiger partial charge in [-0.2, -0.15) is 0 Å². The van der Waals surface area contributed by atoms with E-state index in [4.69, 9.17) is 0 Å². The Morgan fingerprint density at radius 3 is 2.80 bits per heavy atom. The Balaban J connectivity index is 1.66. The van der Waals surface area contributed by atoms with Crippen LogP contribution in [0.25, 0.3) is 0 Å². The second-order valence-corrected chi connectivity index (χ2v) is 7.47. The molecule has 1 N–H and O–H groups in total. The highest BCUT2D eigenvalue weighted by molar-refractivity contribution is 8.00. The third-order valence-corrected chi connectivity index (χ3v) is 6.10. The summed E-state index contributed by atoms with van der Waals surface area (Å²) in [7, 11) is 0. The van der Waals surface area contributed by atoms with Crippen molar-refractivity contribution in [2.75, 3.05) is 0 Å². The Hall–Kier alpha value is -0.960. The number of carbonyl (C=O) groups is 1. The lowest BCUT2D eigenvalue weighted by Crippen LogP contribution is -2.25. The molecule has 0 amide bonds. The van der Waals surface area contributed by atoms with Gasteiger partial charge < -0.3 is 5.11 Å². The molecular formula is C17H22O2S. The summed E-state index contributed by atoms with van der Waals surface area (Å²) < 4.78 is 0. The van der Waals surface area contributed by atoms with E-state index in [1.54, 1.807) is 0 Å². The second kappa shape index (κ2) is 6.21. The van der Waals surface area contributed by atoms with Crippen molar-refractivity contribution in [2.45, 2.75) is 55.1 Å². The highest BCUT2D eigenvalue weighted by Gasteiger charge is 2.33. The average molecular weight is 290 g/mol. The first-order valence-electron chi connectivity index (χ1n) is 7.71. The quantitative estimate of drug-likeness (QED) is 0.840. The van der Waals surface area contributed by atoms with Crippen LogP contribution in [0, 0.1) is 11.8 Å². The molecule has 3 heteroatoms. The van der Waals surface area contributed by atoms with Gasteiger partial charge in [0.2, 0.25) is 0 Å². The number of fused-ring (bicyclic) bond motifs is 1. The van der Waals surface area contributed by atoms with E-state index in [-0.39, 0.29) is 5.92 Å². The van der Waals surface area contributed by atoms with Crippen molar-refractivity contribution >= 4 is 17.7 Å². The fourth-order valence-corrected chi connectivity index (χ4v) is 5.14. The highest BCUT2D eigenvalue weighted by Crippen LogP contribution is 2.42. The van der Waals surface area contributed by atoms with Crippen LogP contribution in [0.4, 0.5) is 0 Å². The molecule has 3 atom stereocenters. The van der Waals surface area contributed by atoms with E-state index in [1.807, 2.05) is 11.8 Å². The smallest absolute Gasteiger partial charge is 0.306 e. The SMILES string of the molecule is O=C(O)C1CCCCCC1CC1Cc2ccccc2S1. The molecule has 1 saturated carbocycles. The van der Waals surface area contributed by atoms with Gasteiger partial charge in [-0.05, 0) is 43.2 Å². The molecule has 3 rings (SSSR count). The zero-order chi connectivity index (χ0) is 13.9. The Morgan fingerprint density at radius 1 is 1.20 bits per heavy atom. The molecule has 1 heterocycles. The minimum absolute atomic E-state index is 0.109. The summed E-state index contributed by atoms with van der Waals surface area (Å²) in [5.74, 6) is -0.305. The first-order chi connectivity index (χ1) is 9.74. The van der Waals surface area contributed by atoms with Gasteiger partial charge in [-0.15, -0.1) is 11.8 Å². The lowest BCUT2D eigenvalue weighted by molar-refractivity contribution is -0.144. The Bertz CT molecular complexity index is 461. The number of carboxylic acid groups (broad SMARTS) is 1. The first kappa shape index (κ1) is 14.0. The van der Waals surface area contributed by atoms with Crippen LogP contribution in [0.1, 0.15) is 44.1 Å². The molecular weight excluding hydrogens is 268 g/mol. The van der Waals surface area contributed by atoms with E-state index in [0.717, 1.165) is 32.1 Å². The lowest BCUT2D eigenvalue weighted by Gasteiger charge is -2.24. The van der Waals surface area contributed by atoms with Crippen molar-refractivity contribution in [3.8, 4) is 0 Å². The predicted octanol–water partition coefficient (Wildman–Crippen LogP) is 4.37. The molecule has 2 aliphatic rings. The van der Waals surface area contributed by atoms with Crippen LogP contribution < -0.4 is 0 Å². The van der Waals surface area contributed by atoms with Gasteiger partial charge in [-0.25, -0.2) is 0 Å². The molecule has 3 unspecified atom stereocenters. The maximum Gasteiger partial charge on any atom is 0.306 e. The van der Waals surface area contributed by atoms with E-state index in [0.29, 0.717) is 11.2 Å². The van der Waals surface area contributed by atoms with Crippen LogP contribution in [-0.4, -0.2) is 16.3 Å². The monoisotopic (exact) mass is 290 g/mol. The van der Waals surface area contributed by atoms with Crippen LogP contribution in [0.5, 0.6) is 0 Å². The number of benzene rings is 1. The molecule has 1 aromatic rings. The number of aliphatic carboxylic acids is 1. The predicted molar refractivity (Wildman–Crippen MR) is 82.1 cm³/mol. The van der Waals surface area contributed by atoms with E-state index in [2.05, 4.69) is 24.3 Å². The van der Waals surface area contributed by atoms with Gasteiger partial charge in [-0.3, -0.25) is 4.79 Å². The fraction of sp³-hybridized carbons (Fsp3) is 0.588. The van der Waals surface area contributed by atoms with Gasteiger partial charge in [0.1, 0.15) is 0 Å². The Labute approximate surface area is 125 Å². The number of rotatable bonds is 3. The molecule has 1 aromatic carbocycles. The molecule has 0 radical (unpaired) electrons. The number of carboxylic acids is 1. The summed E-state index contributed by atoms with van der Waals surface area (Å²) in [4.78, 5) is 12.9. The fourth-order valence-electron chi connectivity index (χ4n) is 3.71. The third-order valence-electron chi connectivity index (χ3n) is 4.76. The molecule has 0 spiro atoms. The van der Waals surface area contributed by atoms with Crippen molar-refractivity contribution in [3.63, 3.8) is 0 Å². The molecule has 0 saturated heterocycles. The maximum absolute atomic E-state index is 11.5. The molecule has 108 valence electrons. The number of thioether (sulfide) groups is 1. The minimum Gasteiger partial charge on any atom is -0.481 e. The van der Waals surface area contributed by atoms with Crippen molar-refractivity contribution in [3.05, 3.63) is 29.8 Å². The lowest BCUT2D eigenvalue weighted by atomic mass is 9.83. The molecule has 1 aliphatic heterocycles. The van der Waals surface area contributed by atoms with Gasteiger partial charge in [0.15, 0.2) is 0 Å². The summed E-state index contributed by atoms with van der Waals surface area (Å²) in [5, 5.41) is 10.1. The van der Waals surface area contributed by atoms with E-state index < -0.39 is 5.97 Å². The molecule has 2 nitrogen and oxygen atoms in total. The summed E-state index contributed by atoms with van der Waals surface area (Å²) in [6.45, 7) is 0. The summed E-state index contributed by atoms with van der Waals surface area (Å²) in [5.41, 5.74) is 1.45. The molecule has 20 heavy (non-hydrogen) atoms. The number of hydrogen-bond donors (Lipinski definition) is 1. The van der Waals surface area contributed by atoms with E-state index in [1.165, 1.54) is 23.3 Å². The van der Waals surface area contributed by atoms with Crippen molar-refractivity contribution in [2.24, 2.45) is 11.8 Å².